The smallest absolute Gasteiger partial charge is 0.338 e. The number of carbonyl (C=O) groups is 2. The fourth-order valence-electron chi connectivity index (χ4n) is 3.64. The number of sulfone groups is 1. The molecule has 8 heteroatoms. The van der Waals surface area contributed by atoms with Gasteiger partial charge in [-0.1, -0.05) is 6.07 Å². The molecule has 0 unspecified atom stereocenters. The topological polar surface area (TPSA) is 91.7 Å². The van der Waals surface area contributed by atoms with E-state index < -0.39 is 15.8 Å². The molecule has 0 radical (unpaired) electrons. The van der Waals surface area contributed by atoms with Crippen molar-refractivity contribution in [2.45, 2.75) is 26.3 Å². The summed E-state index contributed by atoms with van der Waals surface area (Å²) < 4.78 is 35.7. The highest BCUT2D eigenvalue weighted by Gasteiger charge is 2.31. The van der Waals surface area contributed by atoms with Gasteiger partial charge in [-0.05, 0) is 44.5 Å². The fraction of sp³-hybridized carbons (Fsp3) is 0.400. The monoisotopic (exact) mass is 405 g/mol. The van der Waals surface area contributed by atoms with Crippen LogP contribution in [0, 0.1) is 13.8 Å². The third-order valence-corrected chi connectivity index (χ3v) is 6.75. The van der Waals surface area contributed by atoms with Gasteiger partial charge in [-0.2, -0.15) is 0 Å². The largest absolute Gasteiger partial charge is 0.497 e. The Morgan fingerprint density at radius 2 is 1.96 bits per heavy atom. The molecule has 0 N–H and O–H groups in total. The third kappa shape index (κ3) is 4.11. The quantitative estimate of drug-likeness (QED) is 0.542. The zero-order valence-corrected chi connectivity index (χ0v) is 16.9. The minimum Gasteiger partial charge on any atom is -0.497 e. The highest BCUT2D eigenvalue weighted by atomic mass is 32.2. The predicted molar refractivity (Wildman–Crippen MR) is 104 cm³/mol. The maximum Gasteiger partial charge on any atom is 0.338 e. The van der Waals surface area contributed by atoms with Crippen LogP contribution in [0.3, 0.4) is 0 Å². The standard InChI is InChI=1S/C20H23NO6S/c1-13-9-18(14(2)21(13)16-7-8-28(24,25)12-16)19(22)11-27-20(23)15-5-4-6-17(10-15)26-3/h4-6,9-10,16H,7-8,11-12H2,1-3H3/t16-/m0/s1. The number of Topliss-reactive ketones (excluding diaryl/α,β-unsaturated/α-hetero) is 1. The van der Waals surface area contributed by atoms with Gasteiger partial charge in [0.2, 0.25) is 5.78 Å². The number of benzene rings is 1. The van der Waals surface area contributed by atoms with Crippen LogP contribution in [0.1, 0.15) is 44.6 Å². The molecular weight excluding hydrogens is 382 g/mol. The van der Waals surface area contributed by atoms with Gasteiger partial charge in [0.05, 0.1) is 24.2 Å². The van der Waals surface area contributed by atoms with Gasteiger partial charge in [0.1, 0.15) is 5.75 Å². The second-order valence-corrected chi connectivity index (χ2v) is 9.17. The number of nitrogens with zero attached hydrogens (tertiary/aromatic N) is 1. The maximum atomic E-state index is 12.6. The van der Waals surface area contributed by atoms with Gasteiger partial charge in [0.25, 0.3) is 0 Å². The SMILES string of the molecule is COc1cccc(C(=O)OCC(=O)c2cc(C)n([C@H]3CCS(=O)(=O)C3)c2C)c1. The van der Waals surface area contributed by atoms with E-state index >= 15 is 0 Å². The van der Waals surface area contributed by atoms with Crippen molar-refractivity contribution in [3.05, 3.63) is 52.8 Å². The molecule has 2 aromatic rings. The van der Waals surface area contributed by atoms with E-state index in [0.29, 0.717) is 29.0 Å². The molecule has 2 heterocycles. The fourth-order valence-corrected chi connectivity index (χ4v) is 5.34. The number of aromatic nitrogens is 1. The predicted octanol–water partition coefficient (Wildman–Crippen LogP) is 2.51. The summed E-state index contributed by atoms with van der Waals surface area (Å²) in [5.74, 6) is -0.159. The minimum atomic E-state index is -3.03. The van der Waals surface area contributed by atoms with E-state index in [9.17, 15) is 18.0 Å². The second-order valence-electron chi connectivity index (χ2n) is 6.94. The number of esters is 1. The Labute approximate surface area is 164 Å². The number of rotatable bonds is 6. The molecule has 1 atom stereocenters. The van der Waals surface area contributed by atoms with Crippen LogP contribution in [0.4, 0.5) is 0 Å². The van der Waals surface area contributed by atoms with E-state index in [1.165, 1.54) is 7.11 Å². The summed E-state index contributed by atoms with van der Waals surface area (Å²) in [7, 11) is -1.53. The molecule has 150 valence electrons. The molecule has 1 aromatic heterocycles. The summed E-state index contributed by atoms with van der Waals surface area (Å²) >= 11 is 0. The molecule has 0 aliphatic carbocycles. The Morgan fingerprint density at radius 3 is 2.61 bits per heavy atom. The molecule has 3 rings (SSSR count). The van der Waals surface area contributed by atoms with E-state index in [0.717, 1.165) is 5.69 Å². The van der Waals surface area contributed by atoms with Gasteiger partial charge in [-0.15, -0.1) is 0 Å². The number of carbonyl (C=O) groups excluding carboxylic acids is 2. The molecule has 0 saturated carbocycles. The molecular formula is C20H23NO6S. The highest BCUT2D eigenvalue weighted by molar-refractivity contribution is 7.91. The van der Waals surface area contributed by atoms with Crippen LogP contribution in [0.5, 0.6) is 5.75 Å². The summed E-state index contributed by atoms with van der Waals surface area (Å²) in [5, 5.41) is 0. The van der Waals surface area contributed by atoms with Crippen molar-refractivity contribution < 1.29 is 27.5 Å². The van der Waals surface area contributed by atoms with E-state index in [4.69, 9.17) is 9.47 Å². The summed E-state index contributed by atoms with van der Waals surface area (Å²) in [6, 6.07) is 8.06. The molecule has 1 aromatic carbocycles. The summed E-state index contributed by atoms with van der Waals surface area (Å²) in [5.41, 5.74) is 2.26. The highest BCUT2D eigenvalue weighted by Crippen LogP contribution is 2.29. The van der Waals surface area contributed by atoms with Gasteiger partial charge in [0.15, 0.2) is 16.4 Å². The van der Waals surface area contributed by atoms with Crippen molar-refractivity contribution in [1.82, 2.24) is 4.57 Å². The summed E-state index contributed by atoms with van der Waals surface area (Å²) in [4.78, 5) is 24.8. The molecule has 1 saturated heterocycles. The van der Waals surface area contributed by atoms with Gasteiger partial charge in [-0.25, -0.2) is 13.2 Å². The average Bonchev–Trinajstić information content (AvgIpc) is 3.17. The minimum absolute atomic E-state index is 0.0851. The van der Waals surface area contributed by atoms with Crippen LogP contribution in [-0.4, -0.2) is 50.0 Å². The molecule has 1 aliphatic rings. The lowest BCUT2D eigenvalue weighted by Crippen LogP contribution is -2.17. The second kappa shape index (κ2) is 7.79. The van der Waals surface area contributed by atoms with E-state index in [-0.39, 0.29) is 29.9 Å². The number of ether oxygens (including phenoxy) is 2. The normalized spacial score (nSPS) is 18.0. The number of ketones is 1. The van der Waals surface area contributed by atoms with Gasteiger partial charge in [-0.3, -0.25) is 4.79 Å². The molecule has 1 fully saturated rings. The Morgan fingerprint density at radius 1 is 1.21 bits per heavy atom. The Hall–Kier alpha value is -2.61. The number of aryl methyl sites for hydroxylation is 1. The lowest BCUT2D eigenvalue weighted by atomic mass is 10.1. The van der Waals surface area contributed by atoms with Crippen molar-refractivity contribution in [1.29, 1.82) is 0 Å². The van der Waals surface area contributed by atoms with Crippen molar-refractivity contribution in [2.75, 3.05) is 25.2 Å². The zero-order chi connectivity index (χ0) is 20.5. The average molecular weight is 405 g/mol. The van der Waals surface area contributed by atoms with Crippen LogP contribution in [0.25, 0.3) is 0 Å². The first-order valence-corrected chi connectivity index (χ1v) is 10.8. The zero-order valence-electron chi connectivity index (χ0n) is 16.1. The van der Waals surface area contributed by atoms with Crippen molar-refractivity contribution >= 4 is 21.6 Å². The van der Waals surface area contributed by atoms with Crippen LogP contribution in [-0.2, 0) is 14.6 Å². The number of hydrogen-bond donors (Lipinski definition) is 0. The first-order valence-electron chi connectivity index (χ1n) is 8.95. The molecule has 1 aliphatic heterocycles. The van der Waals surface area contributed by atoms with Crippen LogP contribution in [0.15, 0.2) is 30.3 Å². The maximum absolute atomic E-state index is 12.6. The molecule has 0 bridgehead atoms. The van der Waals surface area contributed by atoms with Crippen molar-refractivity contribution in [3.63, 3.8) is 0 Å². The van der Waals surface area contributed by atoms with Crippen molar-refractivity contribution in [3.8, 4) is 5.75 Å². The Bertz CT molecular complexity index is 1020. The molecule has 0 amide bonds. The van der Waals surface area contributed by atoms with Crippen LogP contribution < -0.4 is 4.74 Å². The molecule has 28 heavy (non-hydrogen) atoms. The van der Waals surface area contributed by atoms with Crippen molar-refractivity contribution in [2.24, 2.45) is 0 Å². The number of hydrogen-bond acceptors (Lipinski definition) is 6. The first kappa shape index (κ1) is 20.1. The third-order valence-electron chi connectivity index (χ3n) is 5.00. The number of methoxy groups -OCH3 is 1. The lowest BCUT2D eigenvalue weighted by molar-refractivity contribution is 0.0474. The van der Waals surface area contributed by atoms with Gasteiger partial charge in [0, 0.05) is 23.0 Å². The van der Waals surface area contributed by atoms with Crippen LogP contribution >= 0.6 is 0 Å². The Balaban J connectivity index is 1.71. The first-order chi connectivity index (χ1) is 13.2. The van der Waals surface area contributed by atoms with Crippen LogP contribution in [0.2, 0.25) is 0 Å². The summed E-state index contributed by atoms with van der Waals surface area (Å²) in [6.45, 7) is 3.25. The summed E-state index contributed by atoms with van der Waals surface area (Å²) in [6.07, 6.45) is 0.539. The van der Waals surface area contributed by atoms with E-state index in [1.54, 1.807) is 37.3 Å². The van der Waals surface area contributed by atoms with E-state index in [1.807, 2.05) is 11.5 Å². The molecule has 0 spiro atoms. The molecule has 7 nitrogen and oxygen atoms in total. The Kier molecular flexibility index (Phi) is 5.60. The van der Waals surface area contributed by atoms with Gasteiger partial charge >= 0.3 is 5.97 Å². The lowest BCUT2D eigenvalue weighted by Gasteiger charge is -2.16. The van der Waals surface area contributed by atoms with Gasteiger partial charge < -0.3 is 14.0 Å². The van der Waals surface area contributed by atoms with E-state index in [2.05, 4.69) is 0 Å².